The molecule has 3 unspecified atom stereocenters. The van der Waals surface area contributed by atoms with Gasteiger partial charge in [0.25, 0.3) is 0 Å². The normalized spacial score (nSPS) is 27.7. The van der Waals surface area contributed by atoms with Crippen LogP contribution in [0.15, 0.2) is 11.6 Å². The minimum Gasteiger partial charge on any atom is -0.118 e. The van der Waals surface area contributed by atoms with Crippen LogP contribution in [0.2, 0.25) is 0 Å². The summed E-state index contributed by atoms with van der Waals surface area (Å²) >= 11 is 6.23. The lowest BCUT2D eigenvalue weighted by molar-refractivity contribution is 0.416. The van der Waals surface area contributed by atoms with Gasteiger partial charge >= 0.3 is 0 Å². The summed E-state index contributed by atoms with van der Waals surface area (Å²) in [7, 11) is 0. The number of rotatable bonds is 3. The third-order valence-electron chi connectivity index (χ3n) is 3.67. The van der Waals surface area contributed by atoms with E-state index in [1.807, 2.05) is 0 Å². The van der Waals surface area contributed by atoms with Crippen molar-refractivity contribution in [2.45, 2.75) is 58.3 Å². The van der Waals surface area contributed by atoms with Gasteiger partial charge in [0.2, 0.25) is 0 Å². The summed E-state index contributed by atoms with van der Waals surface area (Å²) in [6.07, 6.45) is 8.65. The second-order valence-electron chi connectivity index (χ2n) is 4.68. The molecule has 0 bridgehead atoms. The predicted octanol–water partition coefficient (Wildman–Crippen LogP) is 4.78. The van der Waals surface area contributed by atoms with Gasteiger partial charge < -0.3 is 0 Å². The van der Waals surface area contributed by atoms with E-state index in [2.05, 4.69) is 26.8 Å². The fourth-order valence-electron chi connectivity index (χ4n) is 2.17. The van der Waals surface area contributed by atoms with Crippen molar-refractivity contribution in [1.29, 1.82) is 0 Å². The lowest BCUT2D eigenvalue weighted by atomic mass is 9.85. The SMILES string of the molecule is CCC(C)C(C)C1=CC(Cl)CCCC1. The first-order chi connectivity index (χ1) is 6.65. The second kappa shape index (κ2) is 5.80. The Hall–Kier alpha value is 0.0300. The molecule has 0 radical (unpaired) electrons. The number of halogens is 1. The first kappa shape index (κ1) is 12.1. The minimum absolute atomic E-state index is 0.291. The topological polar surface area (TPSA) is 0 Å². The summed E-state index contributed by atoms with van der Waals surface area (Å²) < 4.78 is 0. The molecule has 3 atom stereocenters. The van der Waals surface area contributed by atoms with Crippen molar-refractivity contribution in [3.05, 3.63) is 11.6 Å². The van der Waals surface area contributed by atoms with E-state index in [-0.39, 0.29) is 0 Å². The number of hydrogen-bond acceptors (Lipinski definition) is 0. The molecule has 14 heavy (non-hydrogen) atoms. The molecule has 1 rings (SSSR count). The molecule has 0 spiro atoms. The van der Waals surface area contributed by atoms with Crippen molar-refractivity contribution in [1.82, 2.24) is 0 Å². The Bertz CT molecular complexity index is 195. The number of allylic oxidation sites excluding steroid dienone is 2. The first-order valence-corrected chi connectivity index (χ1v) is 6.43. The maximum Gasteiger partial charge on any atom is 0.0518 e. The van der Waals surface area contributed by atoms with E-state index in [9.17, 15) is 0 Å². The van der Waals surface area contributed by atoms with Crippen LogP contribution in [0.1, 0.15) is 52.9 Å². The van der Waals surface area contributed by atoms with Crippen LogP contribution < -0.4 is 0 Å². The van der Waals surface area contributed by atoms with E-state index in [4.69, 9.17) is 11.6 Å². The highest BCUT2D eigenvalue weighted by Crippen LogP contribution is 2.30. The molecule has 0 aromatic carbocycles. The molecule has 0 amide bonds. The summed E-state index contributed by atoms with van der Waals surface area (Å²) in [4.78, 5) is 0. The van der Waals surface area contributed by atoms with Crippen LogP contribution in [-0.2, 0) is 0 Å². The smallest absolute Gasteiger partial charge is 0.0518 e. The van der Waals surface area contributed by atoms with Crippen molar-refractivity contribution in [3.63, 3.8) is 0 Å². The molecule has 0 saturated heterocycles. The van der Waals surface area contributed by atoms with Crippen LogP contribution in [0.5, 0.6) is 0 Å². The molecule has 82 valence electrons. The average Bonchev–Trinajstić information content (AvgIpc) is 2.40. The van der Waals surface area contributed by atoms with Gasteiger partial charge in [0.1, 0.15) is 0 Å². The van der Waals surface area contributed by atoms with E-state index in [0.29, 0.717) is 5.38 Å². The minimum atomic E-state index is 0.291. The van der Waals surface area contributed by atoms with Gasteiger partial charge in [-0.3, -0.25) is 0 Å². The summed E-state index contributed by atoms with van der Waals surface area (Å²) in [5.74, 6) is 1.52. The van der Waals surface area contributed by atoms with E-state index in [1.54, 1.807) is 5.57 Å². The lowest BCUT2D eigenvalue weighted by Crippen LogP contribution is -2.10. The Morgan fingerprint density at radius 2 is 2.14 bits per heavy atom. The highest BCUT2D eigenvalue weighted by atomic mass is 35.5. The number of alkyl halides is 1. The average molecular weight is 215 g/mol. The Morgan fingerprint density at radius 1 is 1.43 bits per heavy atom. The maximum absolute atomic E-state index is 6.23. The molecule has 1 aliphatic carbocycles. The van der Waals surface area contributed by atoms with Gasteiger partial charge in [-0.2, -0.15) is 0 Å². The van der Waals surface area contributed by atoms with Crippen LogP contribution in [0.3, 0.4) is 0 Å². The molecular formula is C13H23Cl. The third-order valence-corrected chi connectivity index (χ3v) is 4.02. The summed E-state index contributed by atoms with van der Waals surface area (Å²) in [5, 5.41) is 0.291. The van der Waals surface area contributed by atoms with Crippen molar-refractivity contribution in [2.75, 3.05) is 0 Å². The van der Waals surface area contributed by atoms with Gasteiger partial charge in [0.05, 0.1) is 5.38 Å². The Morgan fingerprint density at radius 3 is 2.79 bits per heavy atom. The molecule has 0 aromatic heterocycles. The highest BCUT2D eigenvalue weighted by Gasteiger charge is 2.18. The second-order valence-corrected chi connectivity index (χ2v) is 5.24. The highest BCUT2D eigenvalue weighted by molar-refractivity contribution is 6.21. The summed E-state index contributed by atoms with van der Waals surface area (Å²) in [6, 6.07) is 0. The Kier molecular flexibility index (Phi) is 5.01. The van der Waals surface area contributed by atoms with Crippen LogP contribution in [0.4, 0.5) is 0 Å². The van der Waals surface area contributed by atoms with Gasteiger partial charge in [0, 0.05) is 0 Å². The third kappa shape index (κ3) is 3.31. The van der Waals surface area contributed by atoms with E-state index >= 15 is 0 Å². The lowest BCUT2D eigenvalue weighted by Gasteiger charge is -2.21. The summed E-state index contributed by atoms with van der Waals surface area (Å²) in [6.45, 7) is 6.98. The van der Waals surface area contributed by atoms with Crippen molar-refractivity contribution >= 4 is 11.6 Å². The van der Waals surface area contributed by atoms with Crippen molar-refractivity contribution in [2.24, 2.45) is 11.8 Å². The van der Waals surface area contributed by atoms with Gasteiger partial charge in [-0.05, 0) is 31.1 Å². The van der Waals surface area contributed by atoms with Gasteiger partial charge in [-0.1, -0.05) is 45.3 Å². The maximum atomic E-state index is 6.23. The summed E-state index contributed by atoms with van der Waals surface area (Å²) in [5.41, 5.74) is 1.61. The standard InChI is InChI=1S/C13H23Cl/c1-4-10(2)11(3)12-7-5-6-8-13(14)9-12/h9-11,13H,4-8H2,1-3H3. The quantitative estimate of drug-likeness (QED) is 0.469. The first-order valence-electron chi connectivity index (χ1n) is 5.99. The molecule has 0 nitrogen and oxygen atoms in total. The van der Waals surface area contributed by atoms with Crippen LogP contribution in [0.25, 0.3) is 0 Å². The predicted molar refractivity (Wildman–Crippen MR) is 64.8 cm³/mol. The molecule has 1 aliphatic rings. The van der Waals surface area contributed by atoms with E-state index < -0.39 is 0 Å². The Balaban J connectivity index is 2.63. The zero-order valence-corrected chi connectivity index (χ0v) is 10.5. The fraction of sp³-hybridized carbons (Fsp3) is 0.846. The fourth-order valence-corrected chi connectivity index (χ4v) is 2.48. The van der Waals surface area contributed by atoms with Crippen LogP contribution in [0, 0.1) is 11.8 Å². The van der Waals surface area contributed by atoms with Crippen LogP contribution in [-0.4, -0.2) is 5.38 Å². The monoisotopic (exact) mass is 214 g/mol. The molecule has 0 aliphatic heterocycles. The molecule has 1 heteroatoms. The molecule has 0 N–H and O–H groups in total. The number of hydrogen-bond donors (Lipinski definition) is 0. The van der Waals surface area contributed by atoms with Crippen LogP contribution >= 0.6 is 11.6 Å². The van der Waals surface area contributed by atoms with E-state index in [1.165, 1.54) is 25.7 Å². The zero-order chi connectivity index (χ0) is 10.6. The van der Waals surface area contributed by atoms with Crippen molar-refractivity contribution < 1.29 is 0 Å². The molecule has 0 saturated carbocycles. The van der Waals surface area contributed by atoms with Gasteiger partial charge in [-0.15, -0.1) is 11.6 Å². The Labute approximate surface area is 93.7 Å². The largest absolute Gasteiger partial charge is 0.118 e. The molecular weight excluding hydrogens is 192 g/mol. The van der Waals surface area contributed by atoms with Crippen molar-refractivity contribution in [3.8, 4) is 0 Å². The molecule has 0 fully saturated rings. The molecule has 0 heterocycles. The molecule has 0 aromatic rings. The van der Waals surface area contributed by atoms with Gasteiger partial charge in [-0.25, -0.2) is 0 Å². The van der Waals surface area contributed by atoms with E-state index in [0.717, 1.165) is 18.3 Å². The van der Waals surface area contributed by atoms with Gasteiger partial charge in [0.15, 0.2) is 0 Å². The zero-order valence-electron chi connectivity index (χ0n) is 9.72.